The monoisotopic (exact) mass is 442 g/mol. The highest BCUT2D eigenvalue weighted by Crippen LogP contribution is 2.36. The molecule has 2 heterocycles. The fourth-order valence-electron chi connectivity index (χ4n) is 3.39. The van der Waals surface area contributed by atoms with Gasteiger partial charge in [0.2, 0.25) is 0 Å². The van der Waals surface area contributed by atoms with Gasteiger partial charge in [0.25, 0.3) is 0 Å². The number of amides is 2. The Morgan fingerprint density at radius 2 is 1.69 bits per heavy atom. The first-order valence-corrected chi connectivity index (χ1v) is 10.1. The van der Waals surface area contributed by atoms with Crippen LogP contribution in [0.3, 0.4) is 0 Å². The maximum absolute atomic E-state index is 13.5. The molecule has 0 radical (unpaired) electrons. The highest BCUT2D eigenvalue weighted by Gasteiger charge is 2.35. The molecule has 0 fully saturated rings. The van der Waals surface area contributed by atoms with Crippen LogP contribution in [0.15, 0.2) is 54.7 Å². The minimum absolute atomic E-state index is 0.181. The smallest absolute Gasteiger partial charge is 0.422 e. The Labute approximate surface area is 183 Å². The van der Waals surface area contributed by atoms with Gasteiger partial charge in [-0.1, -0.05) is 36.8 Å². The fourth-order valence-corrected chi connectivity index (χ4v) is 3.39. The molecule has 166 valence electrons. The van der Waals surface area contributed by atoms with E-state index in [2.05, 4.69) is 9.97 Å². The number of nitrogens with zero attached hydrogens (tertiary/aromatic N) is 4. The Morgan fingerprint density at radius 1 is 1.03 bits per heavy atom. The average Bonchev–Trinajstić information content (AvgIpc) is 2.77. The summed E-state index contributed by atoms with van der Waals surface area (Å²) >= 11 is 0. The molecule has 2 aromatic carbocycles. The van der Waals surface area contributed by atoms with Gasteiger partial charge >= 0.3 is 18.2 Å². The molecule has 0 bridgehead atoms. The minimum atomic E-state index is -4.52. The number of halogens is 3. The SMILES string of the molecule is CCc1ccc(N2C(=O)N(c3ccc(C)cc3)Cc3cnc(OCC(F)(F)F)nc32)cc1. The summed E-state index contributed by atoms with van der Waals surface area (Å²) in [7, 11) is 0. The van der Waals surface area contributed by atoms with E-state index >= 15 is 0 Å². The molecule has 0 saturated heterocycles. The number of hydrogen-bond acceptors (Lipinski definition) is 4. The van der Waals surface area contributed by atoms with Crippen molar-refractivity contribution in [3.05, 3.63) is 71.4 Å². The van der Waals surface area contributed by atoms with Crippen molar-refractivity contribution in [2.24, 2.45) is 0 Å². The molecular weight excluding hydrogens is 421 g/mol. The van der Waals surface area contributed by atoms with Crippen LogP contribution < -0.4 is 14.5 Å². The van der Waals surface area contributed by atoms with Crippen molar-refractivity contribution in [1.29, 1.82) is 0 Å². The zero-order chi connectivity index (χ0) is 22.9. The summed E-state index contributed by atoms with van der Waals surface area (Å²) < 4.78 is 42.4. The van der Waals surface area contributed by atoms with Gasteiger partial charge in [-0.05, 0) is 43.2 Å². The first kappa shape index (κ1) is 21.6. The van der Waals surface area contributed by atoms with Crippen LogP contribution in [0.25, 0.3) is 0 Å². The molecular formula is C23H21F3N4O2. The number of carbonyl (C=O) groups is 1. The number of ether oxygens (including phenoxy) is 1. The molecule has 4 rings (SSSR count). The van der Waals surface area contributed by atoms with Crippen LogP contribution >= 0.6 is 0 Å². The predicted molar refractivity (Wildman–Crippen MR) is 114 cm³/mol. The van der Waals surface area contributed by atoms with E-state index < -0.39 is 18.8 Å². The number of benzene rings is 2. The van der Waals surface area contributed by atoms with Crippen LogP contribution in [-0.4, -0.2) is 28.8 Å². The Kier molecular flexibility index (Phi) is 5.73. The lowest BCUT2D eigenvalue weighted by Gasteiger charge is -2.36. The van der Waals surface area contributed by atoms with E-state index in [4.69, 9.17) is 4.74 Å². The molecule has 0 saturated carbocycles. The second kappa shape index (κ2) is 8.49. The fraction of sp³-hybridized carbons (Fsp3) is 0.261. The van der Waals surface area contributed by atoms with E-state index in [-0.39, 0.29) is 18.4 Å². The highest BCUT2D eigenvalue weighted by atomic mass is 19.4. The number of carbonyl (C=O) groups excluding carboxylic acids is 1. The van der Waals surface area contributed by atoms with Crippen LogP contribution in [-0.2, 0) is 13.0 Å². The van der Waals surface area contributed by atoms with Crippen molar-refractivity contribution < 1.29 is 22.7 Å². The highest BCUT2D eigenvalue weighted by molar-refractivity contribution is 6.10. The summed E-state index contributed by atoms with van der Waals surface area (Å²) in [5.41, 5.74) is 3.97. The van der Waals surface area contributed by atoms with Crippen LogP contribution in [0.1, 0.15) is 23.6 Å². The number of rotatable bonds is 5. The Hall–Kier alpha value is -3.62. The van der Waals surface area contributed by atoms with Gasteiger partial charge in [0.05, 0.1) is 12.2 Å². The maximum atomic E-state index is 13.5. The molecule has 0 aliphatic carbocycles. The van der Waals surface area contributed by atoms with Gasteiger partial charge in [0, 0.05) is 17.4 Å². The number of fused-ring (bicyclic) bond motifs is 1. The van der Waals surface area contributed by atoms with Crippen molar-refractivity contribution in [2.45, 2.75) is 33.0 Å². The third-order valence-electron chi connectivity index (χ3n) is 5.10. The third-order valence-corrected chi connectivity index (χ3v) is 5.10. The molecule has 6 nitrogen and oxygen atoms in total. The predicted octanol–water partition coefficient (Wildman–Crippen LogP) is 5.57. The number of anilines is 3. The van der Waals surface area contributed by atoms with E-state index in [9.17, 15) is 18.0 Å². The van der Waals surface area contributed by atoms with Crippen LogP contribution in [0.4, 0.5) is 35.2 Å². The molecule has 9 heteroatoms. The largest absolute Gasteiger partial charge is 0.454 e. The minimum Gasteiger partial charge on any atom is -0.454 e. The Bertz CT molecular complexity index is 1120. The normalized spacial score (nSPS) is 13.8. The molecule has 32 heavy (non-hydrogen) atoms. The number of aryl methyl sites for hydroxylation is 2. The lowest BCUT2D eigenvalue weighted by Crippen LogP contribution is -2.45. The van der Waals surface area contributed by atoms with Crippen molar-refractivity contribution in [3.63, 3.8) is 0 Å². The van der Waals surface area contributed by atoms with E-state index in [0.717, 1.165) is 17.5 Å². The van der Waals surface area contributed by atoms with E-state index in [0.29, 0.717) is 16.9 Å². The molecule has 1 aliphatic heterocycles. The van der Waals surface area contributed by atoms with Gasteiger partial charge < -0.3 is 4.74 Å². The molecule has 1 aromatic heterocycles. The first-order chi connectivity index (χ1) is 15.2. The van der Waals surface area contributed by atoms with Crippen molar-refractivity contribution in [2.75, 3.05) is 16.4 Å². The number of urea groups is 1. The Morgan fingerprint density at radius 3 is 2.31 bits per heavy atom. The standard InChI is InChI=1S/C23H21F3N4O2/c1-3-16-6-10-19(11-7-16)30-20-17(12-27-21(28-20)32-14-23(24,25)26)13-29(22(30)31)18-8-4-15(2)5-9-18/h4-12H,3,13-14H2,1-2H3. The second-order valence-electron chi connectivity index (χ2n) is 7.46. The van der Waals surface area contributed by atoms with Gasteiger partial charge in [-0.25, -0.2) is 14.7 Å². The molecule has 2 amide bonds. The zero-order valence-electron chi connectivity index (χ0n) is 17.6. The molecule has 0 unspecified atom stereocenters. The topological polar surface area (TPSA) is 58.6 Å². The summed E-state index contributed by atoms with van der Waals surface area (Å²) in [6.45, 7) is 2.64. The molecule has 0 atom stereocenters. The molecule has 1 aliphatic rings. The van der Waals surface area contributed by atoms with Crippen molar-refractivity contribution >= 4 is 23.2 Å². The van der Waals surface area contributed by atoms with E-state index in [1.807, 2.05) is 50.2 Å². The lowest BCUT2D eigenvalue weighted by atomic mass is 10.1. The van der Waals surface area contributed by atoms with E-state index in [1.165, 1.54) is 11.1 Å². The van der Waals surface area contributed by atoms with Crippen LogP contribution in [0.2, 0.25) is 0 Å². The van der Waals surface area contributed by atoms with Crippen LogP contribution in [0, 0.1) is 6.92 Å². The summed E-state index contributed by atoms with van der Waals surface area (Å²) in [6, 6.07) is 14.1. The number of aromatic nitrogens is 2. The number of alkyl halides is 3. The first-order valence-electron chi connectivity index (χ1n) is 10.1. The second-order valence-corrected chi connectivity index (χ2v) is 7.46. The molecule has 3 aromatic rings. The van der Waals surface area contributed by atoms with Gasteiger partial charge in [-0.3, -0.25) is 4.90 Å². The molecule has 0 N–H and O–H groups in total. The summed E-state index contributed by atoms with van der Waals surface area (Å²) in [5, 5.41) is 0. The number of hydrogen-bond donors (Lipinski definition) is 0. The third kappa shape index (κ3) is 4.51. The van der Waals surface area contributed by atoms with E-state index in [1.54, 1.807) is 17.0 Å². The molecule has 0 spiro atoms. The van der Waals surface area contributed by atoms with Crippen molar-refractivity contribution in [1.82, 2.24) is 9.97 Å². The van der Waals surface area contributed by atoms with Crippen LogP contribution in [0.5, 0.6) is 6.01 Å². The summed E-state index contributed by atoms with van der Waals surface area (Å²) in [4.78, 5) is 24.6. The van der Waals surface area contributed by atoms with Gasteiger partial charge in [-0.2, -0.15) is 18.2 Å². The average molecular weight is 442 g/mol. The van der Waals surface area contributed by atoms with Gasteiger partial charge in [0.15, 0.2) is 12.4 Å². The van der Waals surface area contributed by atoms with Crippen molar-refractivity contribution in [3.8, 4) is 6.01 Å². The summed E-state index contributed by atoms with van der Waals surface area (Å²) in [6.07, 6.45) is -2.29. The lowest BCUT2D eigenvalue weighted by molar-refractivity contribution is -0.154. The van der Waals surface area contributed by atoms with Gasteiger partial charge in [-0.15, -0.1) is 0 Å². The zero-order valence-corrected chi connectivity index (χ0v) is 17.6. The van der Waals surface area contributed by atoms with Gasteiger partial charge in [0.1, 0.15) is 0 Å². The summed E-state index contributed by atoms with van der Waals surface area (Å²) in [5.74, 6) is 0.204. The maximum Gasteiger partial charge on any atom is 0.422 e. The Balaban J connectivity index is 1.76. The quantitative estimate of drug-likeness (QED) is 0.519.